The lowest BCUT2D eigenvalue weighted by atomic mass is 10.2. The van der Waals surface area contributed by atoms with Gasteiger partial charge in [0, 0.05) is 16.5 Å². The van der Waals surface area contributed by atoms with E-state index in [1.807, 2.05) is 12.1 Å². The van der Waals surface area contributed by atoms with Crippen LogP contribution in [0.1, 0.15) is 15.2 Å². The standard InChI is InChI=1S/C12H8BrClN2O3S/c13-11-4-2-8(20-11)6-15-12(17)7-1-3-9(14)10(5-7)16(18)19/h1-5H,6H2,(H,15,17). The van der Waals surface area contributed by atoms with Gasteiger partial charge in [0.05, 0.1) is 15.3 Å². The van der Waals surface area contributed by atoms with Crippen LogP contribution in [0.3, 0.4) is 0 Å². The fraction of sp³-hybridized carbons (Fsp3) is 0.0833. The molecule has 0 aliphatic heterocycles. The molecule has 1 amide bonds. The fourth-order valence-electron chi connectivity index (χ4n) is 1.51. The molecule has 20 heavy (non-hydrogen) atoms. The van der Waals surface area contributed by atoms with E-state index >= 15 is 0 Å². The zero-order valence-corrected chi connectivity index (χ0v) is 13.1. The Morgan fingerprint density at radius 1 is 1.40 bits per heavy atom. The van der Waals surface area contributed by atoms with Crippen LogP contribution >= 0.6 is 38.9 Å². The van der Waals surface area contributed by atoms with Crippen molar-refractivity contribution in [3.63, 3.8) is 0 Å². The summed E-state index contributed by atoms with van der Waals surface area (Å²) in [7, 11) is 0. The van der Waals surface area contributed by atoms with Crippen LogP contribution in [0.2, 0.25) is 5.02 Å². The molecule has 0 unspecified atom stereocenters. The normalized spacial score (nSPS) is 10.3. The van der Waals surface area contributed by atoms with Gasteiger partial charge in [-0.05, 0) is 40.2 Å². The lowest BCUT2D eigenvalue weighted by Crippen LogP contribution is -2.22. The van der Waals surface area contributed by atoms with Crippen LogP contribution in [-0.2, 0) is 6.54 Å². The van der Waals surface area contributed by atoms with Crippen molar-refractivity contribution in [2.45, 2.75) is 6.54 Å². The first kappa shape index (κ1) is 15.0. The average molecular weight is 376 g/mol. The van der Waals surface area contributed by atoms with Gasteiger partial charge in [-0.2, -0.15) is 0 Å². The Kier molecular flexibility index (Phi) is 4.74. The number of carbonyl (C=O) groups excluding carboxylic acids is 1. The van der Waals surface area contributed by atoms with Gasteiger partial charge in [0.25, 0.3) is 11.6 Å². The summed E-state index contributed by atoms with van der Waals surface area (Å²) in [5.41, 5.74) is -0.0742. The molecule has 104 valence electrons. The minimum atomic E-state index is -0.616. The van der Waals surface area contributed by atoms with Crippen molar-refractivity contribution in [3.8, 4) is 0 Å². The summed E-state index contributed by atoms with van der Waals surface area (Å²) < 4.78 is 0.976. The van der Waals surface area contributed by atoms with Gasteiger partial charge in [-0.15, -0.1) is 11.3 Å². The first-order valence-corrected chi connectivity index (χ1v) is 7.42. The lowest BCUT2D eigenvalue weighted by molar-refractivity contribution is -0.384. The van der Waals surface area contributed by atoms with E-state index in [1.54, 1.807) is 0 Å². The SMILES string of the molecule is O=C(NCc1ccc(Br)s1)c1ccc(Cl)c([N+](=O)[O-])c1. The molecule has 2 aromatic rings. The van der Waals surface area contributed by atoms with Gasteiger partial charge in [-0.1, -0.05) is 11.6 Å². The van der Waals surface area contributed by atoms with Gasteiger partial charge >= 0.3 is 0 Å². The summed E-state index contributed by atoms with van der Waals surface area (Å²) in [4.78, 5) is 23.1. The largest absolute Gasteiger partial charge is 0.347 e. The van der Waals surface area contributed by atoms with E-state index in [2.05, 4.69) is 21.2 Å². The highest BCUT2D eigenvalue weighted by Crippen LogP contribution is 2.25. The number of hydrogen-bond acceptors (Lipinski definition) is 4. The second kappa shape index (κ2) is 6.34. The van der Waals surface area contributed by atoms with Crippen LogP contribution in [-0.4, -0.2) is 10.8 Å². The Morgan fingerprint density at radius 2 is 2.15 bits per heavy atom. The fourth-order valence-corrected chi connectivity index (χ4v) is 3.12. The highest BCUT2D eigenvalue weighted by Gasteiger charge is 2.16. The number of thiophene rings is 1. The number of halogens is 2. The molecule has 0 saturated carbocycles. The van der Waals surface area contributed by atoms with Gasteiger partial charge in [-0.3, -0.25) is 14.9 Å². The zero-order valence-electron chi connectivity index (χ0n) is 9.93. The first-order valence-electron chi connectivity index (χ1n) is 5.43. The molecule has 0 bridgehead atoms. The monoisotopic (exact) mass is 374 g/mol. The molecule has 1 aromatic heterocycles. The molecule has 5 nitrogen and oxygen atoms in total. The number of nitrogens with one attached hydrogen (secondary N) is 1. The molecule has 0 aliphatic rings. The Morgan fingerprint density at radius 3 is 2.75 bits per heavy atom. The number of rotatable bonds is 4. The maximum absolute atomic E-state index is 11.9. The quantitative estimate of drug-likeness (QED) is 0.648. The third kappa shape index (κ3) is 3.56. The molecule has 2 rings (SSSR count). The van der Waals surface area contributed by atoms with E-state index in [4.69, 9.17) is 11.6 Å². The molecule has 0 fully saturated rings. The smallest absolute Gasteiger partial charge is 0.288 e. The number of benzene rings is 1. The van der Waals surface area contributed by atoms with Crippen LogP contribution in [0.5, 0.6) is 0 Å². The van der Waals surface area contributed by atoms with E-state index in [0.717, 1.165) is 8.66 Å². The Hall–Kier alpha value is -1.44. The lowest BCUT2D eigenvalue weighted by Gasteiger charge is -2.04. The van der Waals surface area contributed by atoms with Crippen LogP contribution in [0.25, 0.3) is 0 Å². The van der Waals surface area contributed by atoms with E-state index in [0.29, 0.717) is 6.54 Å². The Balaban J connectivity index is 2.09. The highest BCUT2D eigenvalue weighted by molar-refractivity contribution is 9.11. The minimum absolute atomic E-state index is 0.00809. The van der Waals surface area contributed by atoms with Gasteiger partial charge in [0.1, 0.15) is 5.02 Å². The van der Waals surface area contributed by atoms with Crippen LogP contribution in [0.4, 0.5) is 5.69 Å². The zero-order chi connectivity index (χ0) is 14.7. The van der Waals surface area contributed by atoms with Crippen LogP contribution < -0.4 is 5.32 Å². The van der Waals surface area contributed by atoms with Crippen molar-refractivity contribution in [1.82, 2.24) is 5.32 Å². The average Bonchev–Trinajstić information content (AvgIpc) is 2.82. The van der Waals surface area contributed by atoms with Crippen molar-refractivity contribution in [1.29, 1.82) is 0 Å². The summed E-state index contributed by atoms with van der Waals surface area (Å²) in [6, 6.07) is 7.74. The summed E-state index contributed by atoms with van der Waals surface area (Å²) in [5.74, 6) is -0.380. The van der Waals surface area contributed by atoms with Crippen molar-refractivity contribution in [3.05, 3.63) is 59.7 Å². The summed E-state index contributed by atoms with van der Waals surface area (Å²) in [6.45, 7) is 0.367. The van der Waals surface area contributed by atoms with Crippen LogP contribution in [0.15, 0.2) is 34.1 Å². The minimum Gasteiger partial charge on any atom is -0.347 e. The maximum Gasteiger partial charge on any atom is 0.288 e. The van der Waals surface area contributed by atoms with E-state index in [-0.39, 0.29) is 22.2 Å². The number of nitro benzene ring substituents is 1. The molecular weight excluding hydrogens is 368 g/mol. The molecule has 0 atom stereocenters. The molecule has 8 heteroatoms. The van der Waals surface area contributed by atoms with Crippen molar-refractivity contribution in [2.24, 2.45) is 0 Å². The number of carbonyl (C=O) groups is 1. The van der Waals surface area contributed by atoms with Crippen LogP contribution in [0, 0.1) is 10.1 Å². The third-order valence-corrected chi connectivity index (χ3v) is 4.40. The number of nitrogens with zero attached hydrogens (tertiary/aromatic N) is 1. The van der Waals surface area contributed by atoms with Crippen molar-refractivity contribution < 1.29 is 9.72 Å². The summed E-state index contributed by atoms with van der Waals surface area (Å²) in [5, 5.41) is 13.5. The molecule has 1 aromatic carbocycles. The van der Waals surface area contributed by atoms with Gasteiger partial charge in [0.2, 0.25) is 0 Å². The second-order valence-corrected chi connectivity index (χ2v) is 6.77. The molecular formula is C12H8BrClN2O3S. The molecule has 1 heterocycles. The van der Waals surface area contributed by atoms with Gasteiger partial charge in [0.15, 0.2) is 0 Å². The van der Waals surface area contributed by atoms with E-state index < -0.39 is 4.92 Å². The topological polar surface area (TPSA) is 72.2 Å². The summed E-state index contributed by atoms with van der Waals surface area (Å²) >= 11 is 10.5. The number of amides is 1. The predicted molar refractivity (Wildman–Crippen MR) is 81.3 cm³/mol. The predicted octanol–water partition coefficient (Wildman–Crippen LogP) is 4.00. The highest BCUT2D eigenvalue weighted by atomic mass is 79.9. The second-order valence-electron chi connectivity index (χ2n) is 3.81. The molecule has 0 spiro atoms. The molecule has 0 aliphatic carbocycles. The van der Waals surface area contributed by atoms with E-state index in [9.17, 15) is 14.9 Å². The van der Waals surface area contributed by atoms with Crippen molar-refractivity contribution >= 4 is 50.5 Å². The van der Waals surface area contributed by atoms with Gasteiger partial charge in [-0.25, -0.2) is 0 Å². The maximum atomic E-state index is 11.9. The number of hydrogen-bond donors (Lipinski definition) is 1. The molecule has 0 saturated heterocycles. The number of nitro groups is 1. The summed E-state index contributed by atoms with van der Waals surface area (Å²) in [6.07, 6.45) is 0. The van der Waals surface area contributed by atoms with E-state index in [1.165, 1.54) is 29.5 Å². The van der Waals surface area contributed by atoms with Gasteiger partial charge < -0.3 is 5.32 Å². The third-order valence-electron chi connectivity index (χ3n) is 2.46. The Labute approximate surface area is 131 Å². The Bertz CT molecular complexity index is 674. The molecule has 1 N–H and O–H groups in total. The first-order chi connectivity index (χ1) is 9.47. The molecule has 0 radical (unpaired) electrons. The van der Waals surface area contributed by atoms with Crippen molar-refractivity contribution in [2.75, 3.05) is 0 Å².